The van der Waals surface area contributed by atoms with E-state index >= 15 is 0 Å². The number of hydrogen-bond donors (Lipinski definition) is 2. The summed E-state index contributed by atoms with van der Waals surface area (Å²) in [7, 11) is 2.15. The molecule has 49 heavy (non-hydrogen) atoms. The number of hydrogen-bond acceptors (Lipinski definition) is 9. The van der Waals surface area contributed by atoms with Crippen molar-refractivity contribution in [1.29, 1.82) is 0 Å². The van der Waals surface area contributed by atoms with Crippen molar-refractivity contribution in [2.45, 2.75) is 96.6 Å². The number of halogens is 2. The van der Waals surface area contributed by atoms with Gasteiger partial charge >= 0.3 is 6.09 Å². The van der Waals surface area contributed by atoms with Gasteiger partial charge in [0.25, 0.3) is 12.3 Å². The summed E-state index contributed by atoms with van der Waals surface area (Å²) in [6.45, 7) is 8.67. The largest absolute Gasteiger partial charge is 0.444 e. The zero-order chi connectivity index (χ0) is 35.1. The van der Waals surface area contributed by atoms with Gasteiger partial charge in [-0.1, -0.05) is 6.42 Å². The molecule has 3 N–H and O–H groups in total. The number of oxazole rings is 1. The lowest BCUT2D eigenvalue weighted by atomic mass is 9.86. The predicted octanol–water partition coefficient (Wildman–Crippen LogP) is 7.07. The number of pyridine rings is 1. The Morgan fingerprint density at radius 3 is 2.49 bits per heavy atom. The van der Waals surface area contributed by atoms with Crippen LogP contribution in [0.3, 0.4) is 0 Å². The lowest BCUT2D eigenvalue weighted by molar-refractivity contribution is 0.0577. The molecule has 3 heterocycles. The van der Waals surface area contributed by atoms with Crippen LogP contribution in [0.15, 0.2) is 35.2 Å². The Bertz CT molecular complexity index is 1540. The summed E-state index contributed by atoms with van der Waals surface area (Å²) in [6, 6.07) is 3.28. The predicted molar refractivity (Wildman–Crippen MR) is 183 cm³/mol. The van der Waals surface area contributed by atoms with Crippen LogP contribution in [0, 0.1) is 11.8 Å². The van der Waals surface area contributed by atoms with Crippen LogP contribution >= 0.6 is 0 Å². The second kappa shape index (κ2) is 16.2. The molecule has 2 amide bonds. The number of amides is 2. The summed E-state index contributed by atoms with van der Waals surface area (Å²) in [5.74, 6) is 0.717. The van der Waals surface area contributed by atoms with Crippen molar-refractivity contribution in [3.63, 3.8) is 0 Å². The lowest BCUT2D eigenvalue weighted by Gasteiger charge is -2.31. The summed E-state index contributed by atoms with van der Waals surface area (Å²) in [6.07, 6.45) is 9.83. The normalized spacial score (nSPS) is 18.2. The number of nitrogens with one attached hydrogen (secondary N) is 1. The minimum atomic E-state index is -2.87. The Hall–Kier alpha value is -3.91. The molecule has 0 unspecified atom stereocenters. The van der Waals surface area contributed by atoms with E-state index in [-0.39, 0.29) is 23.3 Å². The maximum absolute atomic E-state index is 14.1. The van der Waals surface area contributed by atoms with Crippen LogP contribution in [0.5, 0.6) is 0 Å². The molecule has 3 aromatic heterocycles. The van der Waals surface area contributed by atoms with Gasteiger partial charge in [-0.2, -0.15) is 5.10 Å². The molecule has 0 saturated heterocycles. The van der Waals surface area contributed by atoms with Crippen LogP contribution in [0.25, 0.3) is 11.5 Å². The summed E-state index contributed by atoms with van der Waals surface area (Å²) >= 11 is 0. The van der Waals surface area contributed by atoms with Crippen LogP contribution in [-0.4, -0.2) is 75.5 Å². The first kappa shape index (κ1) is 36.4. The number of rotatable bonds is 15. The summed E-state index contributed by atoms with van der Waals surface area (Å²) in [5.41, 5.74) is 4.79. The molecule has 12 nitrogen and oxygen atoms in total. The van der Waals surface area contributed by atoms with Crippen LogP contribution in [0.1, 0.15) is 107 Å². The van der Waals surface area contributed by atoms with E-state index in [1.165, 1.54) is 23.6 Å². The van der Waals surface area contributed by atoms with Gasteiger partial charge in [-0.3, -0.25) is 14.4 Å². The van der Waals surface area contributed by atoms with Crippen molar-refractivity contribution in [3.05, 3.63) is 42.2 Å². The highest BCUT2D eigenvalue weighted by Crippen LogP contribution is 2.36. The molecule has 5 rings (SSSR count). The minimum absolute atomic E-state index is 0.0195. The van der Waals surface area contributed by atoms with Gasteiger partial charge in [-0.25, -0.2) is 23.5 Å². The Morgan fingerprint density at radius 2 is 1.82 bits per heavy atom. The fraction of sp³-hybridized carbons (Fsp3) is 0.629. The van der Waals surface area contributed by atoms with Crippen molar-refractivity contribution < 1.29 is 27.5 Å². The van der Waals surface area contributed by atoms with Gasteiger partial charge in [0.15, 0.2) is 11.4 Å². The third-order valence-corrected chi connectivity index (χ3v) is 8.98. The van der Waals surface area contributed by atoms with Gasteiger partial charge in [0.1, 0.15) is 17.7 Å². The van der Waals surface area contributed by atoms with E-state index in [0.29, 0.717) is 29.8 Å². The van der Waals surface area contributed by atoms with Crippen molar-refractivity contribution in [2.24, 2.45) is 17.6 Å². The number of carbonyl (C=O) groups excluding carboxylic acids is 2. The Morgan fingerprint density at radius 1 is 1.10 bits per heavy atom. The number of nitrogens with zero attached hydrogens (tertiary/aromatic N) is 6. The van der Waals surface area contributed by atoms with Crippen LogP contribution in [0.2, 0.25) is 0 Å². The molecular formula is C35H50F2N8O4. The van der Waals surface area contributed by atoms with Crippen molar-refractivity contribution in [1.82, 2.24) is 24.6 Å². The number of carbonyl (C=O) groups is 2. The molecule has 0 spiro atoms. The first-order chi connectivity index (χ1) is 23.4. The second-order valence-corrected chi connectivity index (χ2v) is 14.4. The number of aromatic nitrogens is 4. The topological polar surface area (TPSA) is 145 Å². The van der Waals surface area contributed by atoms with Gasteiger partial charge in [0.2, 0.25) is 5.89 Å². The number of anilines is 2. The zero-order valence-electron chi connectivity index (χ0n) is 29.0. The highest BCUT2D eigenvalue weighted by molar-refractivity contribution is 6.03. The first-order valence-electron chi connectivity index (χ1n) is 17.4. The molecule has 2 aliphatic carbocycles. The second-order valence-electron chi connectivity index (χ2n) is 14.4. The summed E-state index contributed by atoms with van der Waals surface area (Å²) in [5, 5.41) is 6.77. The minimum Gasteiger partial charge on any atom is -0.444 e. The third kappa shape index (κ3) is 10.3. The van der Waals surface area contributed by atoms with E-state index in [2.05, 4.69) is 32.3 Å². The van der Waals surface area contributed by atoms with E-state index in [9.17, 15) is 18.4 Å². The van der Waals surface area contributed by atoms with Crippen LogP contribution in [-0.2, 0) is 4.74 Å². The number of ether oxygens (including phenoxy) is 1. The number of alkyl halides is 2. The highest BCUT2D eigenvalue weighted by atomic mass is 19.3. The lowest BCUT2D eigenvalue weighted by Crippen LogP contribution is -2.38. The van der Waals surface area contributed by atoms with Crippen LogP contribution in [0.4, 0.5) is 25.1 Å². The Kier molecular flexibility index (Phi) is 12.0. The van der Waals surface area contributed by atoms with Gasteiger partial charge in [-0.15, -0.1) is 0 Å². The van der Waals surface area contributed by atoms with E-state index in [1.807, 2.05) is 0 Å². The molecule has 3 aromatic rings. The van der Waals surface area contributed by atoms with Crippen molar-refractivity contribution >= 4 is 23.5 Å². The highest BCUT2D eigenvalue weighted by Gasteiger charge is 2.32. The Balaban J connectivity index is 1.22. The molecule has 0 aliphatic heterocycles. The van der Waals surface area contributed by atoms with Crippen LogP contribution < -0.4 is 16.0 Å². The third-order valence-electron chi connectivity index (χ3n) is 8.98. The summed E-state index contributed by atoms with van der Waals surface area (Å²) < 4.78 is 40.9. The molecule has 2 aliphatic rings. The van der Waals surface area contributed by atoms with Gasteiger partial charge in [0.05, 0.1) is 11.7 Å². The fourth-order valence-corrected chi connectivity index (χ4v) is 6.21. The molecule has 0 bridgehead atoms. The standard InChI is InChI=1S/C35H50F2N8O4/c1-35(2,3)49-34(47)44(20-24-8-9-24)29-18-25(14-16-39-29)33-41-28(22-48-33)32(46)40-27-21-45(42-30(27)31(36)37)26-12-10-23(11-13-26)19-43(4)17-7-5-6-15-38/h14,16,18,21-24,26,31H,5-13,15,17,19-20,38H2,1-4H3,(H,40,46). The Labute approximate surface area is 286 Å². The maximum atomic E-state index is 14.1. The molecular weight excluding hydrogens is 634 g/mol. The molecule has 0 radical (unpaired) electrons. The molecule has 0 aromatic carbocycles. The average Bonchev–Trinajstić information content (AvgIpc) is 3.55. The van der Waals surface area contributed by atoms with Crippen molar-refractivity contribution in [2.75, 3.05) is 43.4 Å². The smallest absolute Gasteiger partial charge is 0.416 e. The zero-order valence-corrected chi connectivity index (χ0v) is 29.0. The average molecular weight is 685 g/mol. The van der Waals surface area contributed by atoms with Gasteiger partial charge in [-0.05, 0) is 116 Å². The van der Waals surface area contributed by atoms with Gasteiger partial charge < -0.3 is 25.1 Å². The molecule has 0 atom stereocenters. The molecule has 14 heteroatoms. The monoisotopic (exact) mass is 684 g/mol. The molecule has 2 fully saturated rings. The van der Waals surface area contributed by atoms with E-state index in [1.54, 1.807) is 37.6 Å². The SMILES string of the molecule is CN(CCCCCN)CC1CCC(n2cc(NC(=O)c3coc(-c4ccnc(N(CC5CC5)C(=O)OC(C)(C)C)c4)n3)c(C(F)F)n2)CC1. The number of nitrogens with two attached hydrogens (primary N) is 1. The van der Waals surface area contributed by atoms with E-state index in [4.69, 9.17) is 14.9 Å². The van der Waals surface area contributed by atoms with E-state index in [0.717, 1.165) is 77.4 Å². The maximum Gasteiger partial charge on any atom is 0.416 e. The van der Waals surface area contributed by atoms with Gasteiger partial charge in [0, 0.05) is 31.0 Å². The fourth-order valence-electron chi connectivity index (χ4n) is 6.21. The molecule has 2 saturated carbocycles. The van der Waals surface area contributed by atoms with E-state index < -0.39 is 29.7 Å². The first-order valence-corrected chi connectivity index (χ1v) is 17.4. The summed E-state index contributed by atoms with van der Waals surface area (Å²) in [4.78, 5) is 38.8. The number of unbranched alkanes of at least 4 members (excludes halogenated alkanes) is 2. The quantitative estimate of drug-likeness (QED) is 0.161. The van der Waals surface area contributed by atoms with Crippen molar-refractivity contribution in [3.8, 4) is 11.5 Å². The molecule has 268 valence electrons.